The Bertz CT molecular complexity index is 1560. The predicted molar refractivity (Wildman–Crippen MR) is 158 cm³/mol. The largest absolute Gasteiger partial charge is 0.451 e. The van der Waals surface area contributed by atoms with Gasteiger partial charge >= 0.3 is 6.09 Å². The summed E-state index contributed by atoms with van der Waals surface area (Å²) in [5.74, 6) is -0.454. The highest BCUT2D eigenvalue weighted by molar-refractivity contribution is 6.10. The van der Waals surface area contributed by atoms with Crippen molar-refractivity contribution < 1.29 is 19.1 Å². The van der Waals surface area contributed by atoms with E-state index in [0.717, 1.165) is 23.4 Å². The molecule has 2 heterocycles. The van der Waals surface area contributed by atoms with Gasteiger partial charge in [-0.2, -0.15) is 5.01 Å². The number of carbonyl (C=O) groups excluding carboxylic acids is 3. The number of likely N-dealkylation sites (N-methyl/N-ethyl adjacent to an activating group) is 1. The molecule has 4 aromatic rings. The fourth-order valence-corrected chi connectivity index (χ4v) is 5.34. The van der Waals surface area contributed by atoms with Crippen molar-refractivity contribution in [3.05, 3.63) is 96.1 Å². The van der Waals surface area contributed by atoms with E-state index in [1.807, 2.05) is 60.7 Å². The Morgan fingerprint density at radius 1 is 0.951 bits per heavy atom. The molecule has 0 unspecified atom stereocenters. The normalized spacial score (nSPS) is 15.0. The van der Waals surface area contributed by atoms with E-state index in [4.69, 9.17) is 9.72 Å². The third-order valence-corrected chi connectivity index (χ3v) is 7.30. The quantitative estimate of drug-likeness (QED) is 0.344. The number of likely N-dealkylation sites (tertiary alicyclic amines) is 1. The Balaban J connectivity index is 1.68. The monoisotopic (exact) mass is 551 g/mol. The molecule has 0 aliphatic carbocycles. The number of aromatic nitrogens is 1. The number of anilines is 1. The first-order valence-electron chi connectivity index (χ1n) is 13.6. The van der Waals surface area contributed by atoms with Crippen LogP contribution in [0.3, 0.4) is 0 Å². The molecule has 1 aromatic heterocycles. The lowest BCUT2D eigenvalue weighted by Crippen LogP contribution is -2.47. The van der Waals surface area contributed by atoms with Crippen molar-refractivity contribution in [2.24, 2.45) is 0 Å². The van der Waals surface area contributed by atoms with Crippen molar-refractivity contribution in [2.75, 3.05) is 32.8 Å². The van der Waals surface area contributed by atoms with Gasteiger partial charge < -0.3 is 9.64 Å². The van der Waals surface area contributed by atoms with Gasteiger partial charge in [0, 0.05) is 37.2 Å². The zero-order valence-corrected chi connectivity index (χ0v) is 23.4. The van der Waals surface area contributed by atoms with Crippen LogP contribution in [0.15, 0.2) is 84.9 Å². The van der Waals surface area contributed by atoms with Crippen molar-refractivity contribution in [3.8, 4) is 11.3 Å². The van der Waals surface area contributed by atoms with Crippen molar-refractivity contribution >= 4 is 34.5 Å². The zero-order valence-electron chi connectivity index (χ0n) is 23.4. The fraction of sp³-hybridized carbons (Fsp3) is 0.250. The molecular formula is C32H33N5O4. The van der Waals surface area contributed by atoms with E-state index in [-0.39, 0.29) is 11.9 Å². The number of amides is 3. The molecule has 3 aromatic carbocycles. The van der Waals surface area contributed by atoms with E-state index in [9.17, 15) is 14.4 Å². The van der Waals surface area contributed by atoms with E-state index in [0.29, 0.717) is 46.5 Å². The molecule has 210 valence electrons. The average Bonchev–Trinajstić information content (AvgIpc) is 3.47. The number of para-hydroxylation sites is 2. The summed E-state index contributed by atoms with van der Waals surface area (Å²) in [6.45, 7) is 1.04. The number of carbonyl (C=O) groups is 3. The van der Waals surface area contributed by atoms with Crippen LogP contribution in [0.4, 0.5) is 10.5 Å². The van der Waals surface area contributed by atoms with Gasteiger partial charge in [0.1, 0.15) is 0 Å². The highest BCUT2D eigenvalue weighted by Gasteiger charge is 2.34. The summed E-state index contributed by atoms with van der Waals surface area (Å²) >= 11 is 0. The molecule has 1 aliphatic heterocycles. The number of rotatable bonds is 6. The molecule has 5 rings (SSSR count). The number of benzene rings is 3. The van der Waals surface area contributed by atoms with Crippen LogP contribution >= 0.6 is 0 Å². The predicted octanol–water partition coefficient (Wildman–Crippen LogP) is 4.87. The molecule has 41 heavy (non-hydrogen) atoms. The maximum absolute atomic E-state index is 14.3. The molecule has 9 nitrogen and oxygen atoms in total. The van der Waals surface area contributed by atoms with Gasteiger partial charge in [0.15, 0.2) is 0 Å². The van der Waals surface area contributed by atoms with Crippen molar-refractivity contribution in [1.29, 1.82) is 0 Å². The van der Waals surface area contributed by atoms with Gasteiger partial charge in [-0.25, -0.2) is 9.78 Å². The first-order chi connectivity index (χ1) is 19.9. The van der Waals surface area contributed by atoms with Crippen LogP contribution in [0, 0.1) is 0 Å². The molecule has 0 radical (unpaired) electrons. The van der Waals surface area contributed by atoms with E-state index in [1.54, 1.807) is 43.3 Å². The van der Waals surface area contributed by atoms with Crippen LogP contribution in [-0.2, 0) is 16.1 Å². The van der Waals surface area contributed by atoms with Crippen LogP contribution in [0.1, 0.15) is 28.8 Å². The Kier molecular flexibility index (Phi) is 8.26. The van der Waals surface area contributed by atoms with Crippen molar-refractivity contribution in [1.82, 2.24) is 20.2 Å². The van der Waals surface area contributed by atoms with Gasteiger partial charge in [-0.3, -0.25) is 19.9 Å². The van der Waals surface area contributed by atoms with Gasteiger partial charge in [-0.05, 0) is 37.6 Å². The first-order valence-corrected chi connectivity index (χ1v) is 13.6. The molecule has 1 N–H and O–H groups in total. The molecule has 1 fully saturated rings. The van der Waals surface area contributed by atoms with Crippen LogP contribution in [0.25, 0.3) is 22.2 Å². The number of nitrogens with zero attached hydrogens (tertiary/aromatic N) is 4. The fourth-order valence-electron chi connectivity index (χ4n) is 5.34. The third-order valence-electron chi connectivity index (χ3n) is 7.30. The highest BCUT2D eigenvalue weighted by Crippen LogP contribution is 2.33. The topological polar surface area (TPSA) is 95.1 Å². The second kappa shape index (κ2) is 12.2. The lowest BCUT2D eigenvalue weighted by atomic mass is 9.95. The van der Waals surface area contributed by atoms with Gasteiger partial charge in [0.05, 0.1) is 35.6 Å². The highest BCUT2D eigenvalue weighted by atomic mass is 16.5. The van der Waals surface area contributed by atoms with Crippen LogP contribution < -0.4 is 10.4 Å². The summed E-state index contributed by atoms with van der Waals surface area (Å²) in [5, 5.41) is 1.74. The van der Waals surface area contributed by atoms with E-state index >= 15 is 0 Å². The molecular weight excluding hydrogens is 518 g/mol. The smallest absolute Gasteiger partial charge is 0.433 e. The minimum atomic E-state index is -0.732. The minimum Gasteiger partial charge on any atom is -0.451 e. The number of hydrazine groups is 1. The lowest BCUT2D eigenvalue weighted by Gasteiger charge is -2.28. The SMILES string of the molecule is COC(=O)N(NC(=O)c1c(CN2CCC[C@H]2C(=O)N(C)C)c(-c2ccccc2)nc2ccccc12)c1ccccc1. The zero-order chi connectivity index (χ0) is 28.9. The number of methoxy groups -OCH3 is 1. The minimum absolute atomic E-state index is 0.0319. The number of ether oxygens (including phenoxy) is 1. The van der Waals surface area contributed by atoms with Gasteiger partial charge in [-0.1, -0.05) is 66.7 Å². The summed E-state index contributed by atoms with van der Waals surface area (Å²) in [6, 6.07) is 25.6. The number of fused-ring (bicyclic) bond motifs is 1. The molecule has 1 atom stereocenters. The standard InChI is InChI=1S/C32H33N5O4/c1-35(2)31(39)27-19-12-20-36(27)21-25-28(30(38)34-37(32(40)41-3)23-15-8-5-9-16-23)24-17-10-11-18-26(24)33-29(25)22-13-6-4-7-14-22/h4-11,13-18,27H,12,19-21H2,1-3H3,(H,34,38)/t27-/m0/s1. The lowest BCUT2D eigenvalue weighted by molar-refractivity contribution is -0.133. The number of pyridine rings is 1. The number of hydrogen-bond acceptors (Lipinski definition) is 6. The summed E-state index contributed by atoms with van der Waals surface area (Å²) < 4.78 is 4.99. The summed E-state index contributed by atoms with van der Waals surface area (Å²) in [7, 11) is 4.78. The van der Waals surface area contributed by atoms with Crippen LogP contribution in [0.2, 0.25) is 0 Å². The third kappa shape index (κ3) is 5.76. The van der Waals surface area contributed by atoms with E-state index in [1.165, 1.54) is 7.11 Å². The van der Waals surface area contributed by atoms with E-state index in [2.05, 4.69) is 10.3 Å². The summed E-state index contributed by atoms with van der Waals surface area (Å²) in [5.41, 5.74) is 6.46. The number of nitrogens with one attached hydrogen (secondary N) is 1. The molecule has 0 bridgehead atoms. The first kappa shape index (κ1) is 27.8. The van der Waals surface area contributed by atoms with Crippen molar-refractivity contribution in [2.45, 2.75) is 25.4 Å². The van der Waals surface area contributed by atoms with Gasteiger partial charge in [0.2, 0.25) is 5.91 Å². The maximum atomic E-state index is 14.3. The van der Waals surface area contributed by atoms with Crippen LogP contribution in [-0.4, -0.2) is 66.5 Å². The molecule has 0 saturated carbocycles. The summed E-state index contributed by atoms with van der Waals surface area (Å²) in [4.78, 5) is 48.9. The molecule has 9 heteroatoms. The summed E-state index contributed by atoms with van der Waals surface area (Å²) in [6.07, 6.45) is 0.881. The second-order valence-corrected chi connectivity index (χ2v) is 10.1. The molecule has 1 aliphatic rings. The van der Waals surface area contributed by atoms with Gasteiger partial charge in [0.25, 0.3) is 5.91 Å². The molecule has 0 spiro atoms. The second-order valence-electron chi connectivity index (χ2n) is 10.1. The van der Waals surface area contributed by atoms with E-state index < -0.39 is 12.0 Å². The van der Waals surface area contributed by atoms with Crippen molar-refractivity contribution in [3.63, 3.8) is 0 Å². The number of hydrogen-bond donors (Lipinski definition) is 1. The Hall–Kier alpha value is -4.76. The Morgan fingerprint density at radius 3 is 2.29 bits per heavy atom. The average molecular weight is 552 g/mol. The molecule has 1 saturated heterocycles. The van der Waals surface area contributed by atoms with Gasteiger partial charge in [-0.15, -0.1) is 0 Å². The maximum Gasteiger partial charge on any atom is 0.433 e. The van der Waals surface area contributed by atoms with Crippen LogP contribution in [0.5, 0.6) is 0 Å². The molecule has 3 amide bonds. The Labute approximate surface area is 239 Å². The Morgan fingerprint density at radius 2 is 1.61 bits per heavy atom.